The highest BCUT2D eigenvalue weighted by Gasteiger charge is 2.23. The average molecular weight is 391 g/mol. The van der Waals surface area contributed by atoms with Crippen LogP contribution in [0.5, 0.6) is 0 Å². The van der Waals surface area contributed by atoms with E-state index in [4.69, 9.17) is 5.11 Å². The Balaban J connectivity index is 2.35. The minimum Gasteiger partial charge on any atom is -0.384 e. The van der Waals surface area contributed by atoms with E-state index in [1.54, 1.807) is 30.3 Å². The number of nitrogens with zero attached hydrogens (tertiary/aromatic N) is 2. The number of benzene rings is 1. The fourth-order valence-electron chi connectivity index (χ4n) is 2.20. The molecule has 1 aromatic carbocycles. The molecule has 0 aliphatic carbocycles. The second kappa shape index (κ2) is 6.16. The van der Waals surface area contributed by atoms with Gasteiger partial charge in [-0.3, -0.25) is 0 Å². The van der Waals surface area contributed by atoms with Gasteiger partial charge in [-0.2, -0.15) is 0 Å². The van der Waals surface area contributed by atoms with E-state index in [1.807, 2.05) is 0 Å². The fourth-order valence-corrected chi connectivity index (χ4v) is 4.00. The molecule has 2 heterocycles. The third kappa shape index (κ3) is 2.88. The average Bonchev–Trinajstić information content (AvgIpc) is 2.91. The molecule has 0 spiro atoms. The number of rotatable bonds is 2. The van der Waals surface area contributed by atoms with Crippen LogP contribution in [0.1, 0.15) is 5.69 Å². The standard InChI is InChI=1S/C16H11BrN2O3S/c17-13-9-12-10-14(5-4-8-20)19(16(12)18-11-13)23(21,22)15-6-2-1-3-7-15/h1-3,6-7,9-11,20H,8H2. The zero-order valence-corrected chi connectivity index (χ0v) is 14.2. The van der Waals surface area contributed by atoms with Gasteiger partial charge in [0.1, 0.15) is 12.3 Å². The Morgan fingerprint density at radius 2 is 1.96 bits per heavy atom. The Hall–Kier alpha value is -2.14. The minimum absolute atomic E-state index is 0.147. The molecule has 0 radical (unpaired) electrons. The summed E-state index contributed by atoms with van der Waals surface area (Å²) in [5, 5.41) is 9.54. The number of halogens is 1. The van der Waals surface area contributed by atoms with Crippen molar-refractivity contribution < 1.29 is 13.5 Å². The molecule has 7 heteroatoms. The molecule has 3 rings (SSSR count). The maximum atomic E-state index is 13.0. The molecule has 0 atom stereocenters. The Morgan fingerprint density at radius 3 is 2.65 bits per heavy atom. The summed E-state index contributed by atoms with van der Waals surface area (Å²) in [6, 6.07) is 11.5. The van der Waals surface area contributed by atoms with Crippen molar-refractivity contribution in [2.75, 3.05) is 6.61 Å². The number of aliphatic hydroxyl groups excluding tert-OH is 1. The van der Waals surface area contributed by atoms with E-state index in [2.05, 4.69) is 32.8 Å². The van der Waals surface area contributed by atoms with Crippen molar-refractivity contribution in [3.8, 4) is 11.8 Å². The third-order valence-corrected chi connectivity index (χ3v) is 5.29. The molecule has 0 aliphatic heterocycles. The number of fused-ring (bicyclic) bond motifs is 1. The zero-order valence-electron chi connectivity index (χ0n) is 11.8. The summed E-state index contributed by atoms with van der Waals surface area (Å²) in [7, 11) is -3.84. The van der Waals surface area contributed by atoms with Crippen LogP contribution in [0.25, 0.3) is 11.0 Å². The lowest BCUT2D eigenvalue weighted by Gasteiger charge is -2.08. The highest BCUT2D eigenvalue weighted by molar-refractivity contribution is 9.10. The summed E-state index contributed by atoms with van der Waals surface area (Å²) in [5.74, 6) is 5.16. The van der Waals surface area contributed by atoms with E-state index in [9.17, 15) is 8.42 Å². The van der Waals surface area contributed by atoms with E-state index >= 15 is 0 Å². The second-order valence-electron chi connectivity index (χ2n) is 4.64. The number of aromatic nitrogens is 2. The first-order valence-electron chi connectivity index (χ1n) is 6.61. The fraction of sp³-hybridized carbons (Fsp3) is 0.0625. The molecule has 0 saturated carbocycles. The molecular formula is C16H11BrN2O3S. The van der Waals surface area contributed by atoms with Gasteiger partial charge in [0.15, 0.2) is 5.65 Å². The van der Waals surface area contributed by atoms with Gasteiger partial charge >= 0.3 is 0 Å². The SMILES string of the molecule is O=S(=O)(c1ccccc1)n1c(C#CCO)cc2cc(Br)cnc21. The summed E-state index contributed by atoms with van der Waals surface area (Å²) < 4.78 is 27.8. The van der Waals surface area contributed by atoms with Crippen molar-refractivity contribution in [2.24, 2.45) is 0 Å². The van der Waals surface area contributed by atoms with Gasteiger partial charge in [0.25, 0.3) is 10.0 Å². The summed E-state index contributed by atoms with van der Waals surface area (Å²) in [4.78, 5) is 4.36. The molecule has 2 aromatic heterocycles. The first-order chi connectivity index (χ1) is 11.0. The summed E-state index contributed by atoms with van der Waals surface area (Å²) in [6.07, 6.45) is 1.53. The zero-order chi connectivity index (χ0) is 16.4. The Labute approximate surface area is 141 Å². The van der Waals surface area contributed by atoms with Crippen LogP contribution in [0.4, 0.5) is 0 Å². The van der Waals surface area contributed by atoms with Crippen molar-refractivity contribution >= 4 is 37.0 Å². The summed E-state index contributed by atoms with van der Waals surface area (Å²) in [5.41, 5.74) is 0.544. The van der Waals surface area contributed by atoms with Crippen LogP contribution in [-0.4, -0.2) is 29.1 Å². The van der Waals surface area contributed by atoms with Crippen LogP contribution in [0.3, 0.4) is 0 Å². The lowest BCUT2D eigenvalue weighted by molar-refractivity contribution is 0.350. The van der Waals surface area contributed by atoms with Gasteiger partial charge in [0.05, 0.1) is 4.90 Å². The summed E-state index contributed by atoms with van der Waals surface area (Å²) in [6.45, 7) is -0.357. The number of pyridine rings is 1. The molecule has 0 fully saturated rings. The van der Waals surface area contributed by atoms with Crippen LogP contribution in [0.15, 0.2) is 58.0 Å². The van der Waals surface area contributed by atoms with E-state index in [-0.39, 0.29) is 17.2 Å². The van der Waals surface area contributed by atoms with Gasteiger partial charge in [-0.05, 0) is 46.1 Å². The first kappa shape index (κ1) is 15.7. The lowest BCUT2D eigenvalue weighted by atomic mass is 10.3. The first-order valence-corrected chi connectivity index (χ1v) is 8.84. The molecule has 0 amide bonds. The monoisotopic (exact) mass is 390 g/mol. The van der Waals surface area contributed by atoms with Crippen molar-refractivity contribution in [2.45, 2.75) is 4.90 Å². The van der Waals surface area contributed by atoms with E-state index < -0.39 is 10.0 Å². The van der Waals surface area contributed by atoms with Crippen molar-refractivity contribution in [3.05, 3.63) is 58.8 Å². The van der Waals surface area contributed by atoms with E-state index in [1.165, 1.54) is 18.3 Å². The highest BCUT2D eigenvalue weighted by Crippen LogP contribution is 2.26. The molecular weight excluding hydrogens is 380 g/mol. The Kier molecular flexibility index (Phi) is 4.22. The quantitative estimate of drug-likeness (QED) is 0.681. The third-order valence-electron chi connectivity index (χ3n) is 3.14. The topological polar surface area (TPSA) is 72.2 Å². The van der Waals surface area contributed by atoms with Gasteiger partial charge < -0.3 is 5.11 Å². The van der Waals surface area contributed by atoms with Crippen molar-refractivity contribution in [1.29, 1.82) is 0 Å². The number of hydrogen-bond donors (Lipinski definition) is 1. The van der Waals surface area contributed by atoms with Crippen LogP contribution in [-0.2, 0) is 10.0 Å². The Bertz CT molecular complexity index is 1030. The normalized spacial score (nSPS) is 11.2. The summed E-state index contributed by atoms with van der Waals surface area (Å²) >= 11 is 3.32. The van der Waals surface area contributed by atoms with Crippen LogP contribution in [0, 0.1) is 11.8 Å². The van der Waals surface area contributed by atoms with Crippen LogP contribution in [0.2, 0.25) is 0 Å². The molecule has 23 heavy (non-hydrogen) atoms. The molecule has 5 nitrogen and oxygen atoms in total. The van der Waals surface area contributed by atoms with Crippen molar-refractivity contribution in [1.82, 2.24) is 8.96 Å². The highest BCUT2D eigenvalue weighted by atomic mass is 79.9. The van der Waals surface area contributed by atoms with Gasteiger partial charge in [-0.1, -0.05) is 24.1 Å². The molecule has 116 valence electrons. The molecule has 0 saturated heterocycles. The van der Waals surface area contributed by atoms with Gasteiger partial charge in [0.2, 0.25) is 0 Å². The van der Waals surface area contributed by atoms with Crippen LogP contribution < -0.4 is 0 Å². The molecule has 0 bridgehead atoms. The maximum absolute atomic E-state index is 13.0. The molecule has 3 aromatic rings. The van der Waals surface area contributed by atoms with Gasteiger partial charge in [-0.25, -0.2) is 17.4 Å². The predicted molar refractivity (Wildman–Crippen MR) is 90.4 cm³/mol. The number of hydrogen-bond acceptors (Lipinski definition) is 4. The maximum Gasteiger partial charge on any atom is 0.270 e. The van der Waals surface area contributed by atoms with Gasteiger partial charge in [-0.15, -0.1) is 0 Å². The van der Waals surface area contributed by atoms with E-state index in [0.29, 0.717) is 11.0 Å². The predicted octanol–water partition coefficient (Wildman–Crippen LogP) is 2.38. The smallest absolute Gasteiger partial charge is 0.270 e. The van der Waals surface area contributed by atoms with Gasteiger partial charge in [0, 0.05) is 16.1 Å². The number of aliphatic hydroxyl groups is 1. The lowest BCUT2D eigenvalue weighted by Crippen LogP contribution is -2.15. The minimum atomic E-state index is -3.84. The molecule has 0 unspecified atom stereocenters. The Morgan fingerprint density at radius 1 is 1.22 bits per heavy atom. The van der Waals surface area contributed by atoms with Crippen LogP contribution >= 0.6 is 15.9 Å². The molecule has 0 aliphatic rings. The van der Waals surface area contributed by atoms with E-state index in [0.717, 1.165) is 8.45 Å². The van der Waals surface area contributed by atoms with Crippen molar-refractivity contribution in [3.63, 3.8) is 0 Å². The molecule has 1 N–H and O–H groups in total. The largest absolute Gasteiger partial charge is 0.384 e. The second-order valence-corrected chi connectivity index (χ2v) is 7.34.